The standard InChI is InChI=1S/C31H32N2O6/c1-6-38-27(35)25-24-22(16-30(4,5)17-23(24)34)33(19-14-12-18(3)13-15-19)31(26(25)28(36)39-7-2)20-10-8-9-11-21(20)32-29(31)37/h8-15H,6-7,16-17H2,1-5H3,(H,32,37). The molecule has 0 bridgehead atoms. The maximum Gasteiger partial charge on any atom is 0.339 e. The molecule has 1 N–H and O–H groups in total. The minimum Gasteiger partial charge on any atom is -0.463 e. The molecule has 0 fully saturated rings. The van der Waals surface area contributed by atoms with Crippen molar-refractivity contribution in [2.75, 3.05) is 23.4 Å². The minimum absolute atomic E-state index is 0.00913. The molecule has 3 aliphatic rings. The predicted octanol–water partition coefficient (Wildman–Crippen LogP) is 4.73. The summed E-state index contributed by atoms with van der Waals surface area (Å²) in [6.45, 7) is 9.25. The molecule has 2 aromatic carbocycles. The van der Waals surface area contributed by atoms with E-state index in [1.165, 1.54) is 0 Å². The number of hydrogen-bond acceptors (Lipinski definition) is 7. The smallest absolute Gasteiger partial charge is 0.339 e. The fraction of sp³-hybridized carbons (Fsp3) is 0.355. The monoisotopic (exact) mass is 528 g/mol. The van der Waals surface area contributed by atoms with E-state index >= 15 is 0 Å². The van der Waals surface area contributed by atoms with Gasteiger partial charge in [-0.15, -0.1) is 0 Å². The lowest BCUT2D eigenvalue weighted by Crippen LogP contribution is -2.58. The normalized spacial score (nSPS) is 21.5. The summed E-state index contributed by atoms with van der Waals surface area (Å²) >= 11 is 0. The minimum atomic E-state index is -1.81. The second-order valence-electron chi connectivity index (χ2n) is 10.8. The summed E-state index contributed by atoms with van der Waals surface area (Å²) in [5.41, 5.74) is 0.542. The Bertz CT molecular complexity index is 1470. The molecular weight excluding hydrogens is 496 g/mol. The zero-order valence-corrected chi connectivity index (χ0v) is 22.8. The molecule has 5 rings (SSSR count). The van der Waals surface area contributed by atoms with E-state index in [0.717, 1.165) is 5.56 Å². The molecule has 1 atom stereocenters. The molecule has 0 aromatic heterocycles. The lowest BCUT2D eigenvalue weighted by atomic mass is 9.66. The summed E-state index contributed by atoms with van der Waals surface area (Å²) in [6, 6.07) is 14.6. The van der Waals surface area contributed by atoms with Gasteiger partial charge in [0.15, 0.2) is 11.3 Å². The number of carbonyl (C=O) groups excluding carboxylic acids is 4. The van der Waals surface area contributed by atoms with E-state index in [0.29, 0.717) is 29.1 Å². The van der Waals surface area contributed by atoms with Crippen LogP contribution in [0.5, 0.6) is 0 Å². The zero-order valence-electron chi connectivity index (χ0n) is 22.8. The van der Waals surface area contributed by atoms with Crippen LogP contribution in [0, 0.1) is 12.3 Å². The number of nitrogens with zero attached hydrogens (tertiary/aromatic N) is 1. The van der Waals surface area contributed by atoms with Crippen LogP contribution in [0.3, 0.4) is 0 Å². The number of ether oxygens (including phenoxy) is 2. The molecular formula is C31H32N2O6. The Labute approximate surface area is 227 Å². The summed E-state index contributed by atoms with van der Waals surface area (Å²) in [5, 5.41) is 2.93. The van der Waals surface area contributed by atoms with Crippen LogP contribution in [0.4, 0.5) is 11.4 Å². The highest BCUT2D eigenvalue weighted by molar-refractivity contribution is 6.24. The van der Waals surface area contributed by atoms with Crippen molar-refractivity contribution in [1.29, 1.82) is 0 Å². The number of anilines is 2. The number of allylic oxidation sites excluding steroid dienone is 1. The van der Waals surface area contributed by atoms with Gasteiger partial charge in [0.05, 0.1) is 29.9 Å². The number of fused-ring (bicyclic) bond motifs is 2. The van der Waals surface area contributed by atoms with Gasteiger partial charge in [-0.1, -0.05) is 49.7 Å². The quantitative estimate of drug-likeness (QED) is 0.560. The molecule has 0 saturated heterocycles. The third-order valence-corrected chi connectivity index (χ3v) is 7.46. The first-order chi connectivity index (χ1) is 18.6. The van der Waals surface area contributed by atoms with E-state index in [9.17, 15) is 19.2 Å². The van der Waals surface area contributed by atoms with Gasteiger partial charge in [-0.25, -0.2) is 9.59 Å². The lowest BCUT2D eigenvalue weighted by molar-refractivity contribution is -0.143. The molecule has 202 valence electrons. The zero-order chi connectivity index (χ0) is 28.1. The number of Topliss-reactive ketones (excluding diaryl/α,β-unsaturated/α-hetero) is 1. The van der Waals surface area contributed by atoms with Crippen molar-refractivity contribution < 1.29 is 28.7 Å². The lowest BCUT2D eigenvalue weighted by Gasteiger charge is -2.50. The first-order valence-electron chi connectivity index (χ1n) is 13.2. The molecule has 1 unspecified atom stereocenters. The SMILES string of the molecule is CCOC(=O)C1=C(C(=O)OCC)C2(C(=O)Nc3ccccc32)N(c2ccc(C)cc2)C2=C1C(=O)CC(C)(C)C2. The van der Waals surface area contributed by atoms with Crippen LogP contribution in [0.1, 0.15) is 51.7 Å². The van der Waals surface area contributed by atoms with Crippen LogP contribution >= 0.6 is 0 Å². The number of para-hydroxylation sites is 1. The van der Waals surface area contributed by atoms with Gasteiger partial charge in [-0.05, 0) is 50.8 Å². The predicted molar refractivity (Wildman–Crippen MR) is 146 cm³/mol. The van der Waals surface area contributed by atoms with Crippen molar-refractivity contribution in [3.8, 4) is 0 Å². The summed E-state index contributed by atoms with van der Waals surface area (Å²) in [4.78, 5) is 57.7. The number of aryl methyl sites for hydroxylation is 1. The number of nitrogens with one attached hydrogen (secondary N) is 1. The third-order valence-electron chi connectivity index (χ3n) is 7.46. The number of hydrogen-bond donors (Lipinski definition) is 1. The van der Waals surface area contributed by atoms with Gasteiger partial charge in [-0.3, -0.25) is 9.59 Å². The molecule has 1 spiro atoms. The molecule has 8 heteroatoms. The Hall–Kier alpha value is -4.20. The Morgan fingerprint density at radius 1 is 0.923 bits per heavy atom. The van der Waals surface area contributed by atoms with E-state index in [1.807, 2.05) is 45.0 Å². The van der Waals surface area contributed by atoms with Crippen molar-refractivity contribution >= 4 is 35.0 Å². The number of ketones is 1. The van der Waals surface area contributed by atoms with Crippen molar-refractivity contribution in [1.82, 2.24) is 0 Å². The van der Waals surface area contributed by atoms with E-state index in [2.05, 4.69) is 5.32 Å². The fourth-order valence-electron chi connectivity index (χ4n) is 6.00. The van der Waals surface area contributed by atoms with E-state index in [-0.39, 0.29) is 42.1 Å². The van der Waals surface area contributed by atoms with E-state index in [4.69, 9.17) is 9.47 Å². The average molecular weight is 529 g/mol. The van der Waals surface area contributed by atoms with Crippen LogP contribution in [-0.4, -0.2) is 36.8 Å². The largest absolute Gasteiger partial charge is 0.463 e. The first-order valence-corrected chi connectivity index (χ1v) is 13.2. The van der Waals surface area contributed by atoms with Gasteiger partial charge in [0.1, 0.15) is 0 Å². The van der Waals surface area contributed by atoms with Crippen molar-refractivity contribution in [3.63, 3.8) is 0 Å². The molecule has 0 saturated carbocycles. The number of benzene rings is 2. The first kappa shape index (κ1) is 26.4. The topological polar surface area (TPSA) is 102 Å². The van der Waals surface area contributed by atoms with Crippen LogP contribution in [-0.2, 0) is 34.2 Å². The molecule has 39 heavy (non-hydrogen) atoms. The summed E-state index contributed by atoms with van der Waals surface area (Å²) < 4.78 is 10.9. The Morgan fingerprint density at radius 2 is 1.56 bits per heavy atom. The van der Waals surface area contributed by atoms with Gasteiger partial charge >= 0.3 is 11.9 Å². The number of esters is 2. The highest BCUT2D eigenvalue weighted by Crippen LogP contribution is 2.57. The van der Waals surface area contributed by atoms with Gasteiger partial charge < -0.3 is 19.7 Å². The molecule has 2 aliphatic heterocycles. The maximum absolute atomic E-state index is 14.4. The van der Waals surface area contributed by atoms with Crippen LogP contribution in [0.2, 0.25) is 0 Å². The van der Waals surface area contributed by atoms with Gasteiger partial charge in [0.2, 0.25) is 0 Å². The highest BCUT2D eigenvalue weighted by atomic mass is 16.5. The summed E-state index contributed by atoms with van der Waals surface area (Å²) in [7, 11) is 0. The van der Waals surface area contributed by atoms with Crippen LogP contribution in [0.15, 0.2) is 70.9 Å². The van der Waals surface area contributed by atoms with Crippen molar-refractivity contribution in [2.24, 2.45) is 5.41 Å². The number of amides is 1. The average Bonchev–Trinajstić information content (AvgIpc) is 3.15. The fourth-order valence-corrected chi connectivity index (χ4v) is 6.00. The molecule has 0 radical (unpaired) electrons. The van der Waals surface area contributed by atoms with Gasteiger partial charge in [0, 0.05) is 29.1 Å². The van der Waals surface area contributed by atoms with Crippen molar-refractivity contribution in [2.45, 2.75) is 53.0 Å². The van der Waals surface area contributed by atoms with Gasteiger partial charge in [-0.2, -0.15) is 0 Å². The molecule has 1 aliphatic carbocycles. The van der Waals surface area contributed by atoms with E-state index in [1.54, 1.807) is 43.0 Å². The maximum atomic E-state index is 14.4. The molecule has 1 amide bonds. The Kier molecular flexibility index (Phi) is 6.45. The molecule has 8 nitrogen and oxygen atoms in total. The summed E-state index contributed by atoms with van der Waals surface area (Å²) in [5.74, 6) is -2.49. The molecule has 2 heterocycles. The second kappa shape index (κ2) is 9.52. The summed E-state index contributed by atoms with van der Waals surface area (Å²) in [6.07, 6.45) is 0.556. The molecule has 2 aromatic rings. The number of rotatable bonds is 5. The Balaban J connectivity index is 1.99. The van der Waals surface area contributed by atoms with Crippen LogP contribution < -0.4 is 10.2 Å². The third kappa shape index (κ3) is 3.97. The van der Waals surface area contributed by atoms with Gasteiger partial charge in [0.25, 0.3) is 5.91 Å². The highest BCUT2D eigenvalue weighted by Gasteiger charge is 2.63. The Morgan fingerprint density at radius 3 is 2.23 bits per heavy atom. The van der Waals surface area contributed by atoms with Crippen molar-refractivity contribution in [3.05, 3.63) is 82.1 Å². The van der Waals surface area contributed by atoms with Crippen LogP contribution in [0.25, 0.3) is 0 Å². The second-order valence-corrected chi connectivity index (χ2v) is 10.8. The van der Waals surface area contributed by atoms with E-state index < -0.39 is 28.8 Å². The number of carbonyl (C=O) groups is 4.